The lowest BCUT2D eigenvalue weighted by Crippen LogP contribution is -2.15. The molecule has 21 heavy (non-hydrogen) atoms. The van der Waals surface area contributed by atoms with Crippen molar-refractivity contribution in [3.05, 3.63) is 60.2 Å². The van der Waals surface area contributed by atoms with Crippen molar-refractivity contribution < 1.29 is 4.79 Å². The van der Waals surface area contributed by atoms with Crippen molar-refractivity contribution in [3.63, 3.8) is 0 Å². The van der Waals surface area contributed by atoms with Crippen molar-refractivity contribution in [1.82, 2.24) is 0 Å². The van der Waals surface area contributed by atoms with Crippen LogP contribution in [0.15, 0.2) is 59.5 Å². The smallest absolute Gasteiger partial charge is 0.234 e. The van der Waals surface area contributed by atoms with E-state index in [-0.39, 0.29) is 11.3 Å². The standard InChI is InChI=1S/C18H21NOS/c1-18(2,3)14-9-11-15(12-10-14)19-17(20)13-21-16-7-5-4-6-8-16/h4-12H,13H2,1-3H3,(H,19,20). The van der Waals surface area contributed by atoms with Crippen molar-refractivity contribution in [2.45, 2.75) is 31.1 Å². The first-order chi connectivity index (χ1) is 9.95. The number of carbonyl (C=O) groups excluding carboxylic acids is 1. The molecule has 1 amide bonds. The maximum absolute atomic E-state index is 11.9. The molecule has 0 atom stereocenters. The number of amides is 1. The molecule has 0 radical (unpaired) electrons. The van der Waals surface area contributed by atoms with Gasteiger partial charge in [-0.15, -0.1) is 11.8 Å². The molecule has 3 heteroatoms. The van der Waals surface area contributed by atoms with Crippen LogP contribution in [0.25, 0.3) is 0 Å². The lowest BCUT2D eigenvalue weighted by molar-refractivity contribution is -0.113. The molecule has 2 aromatic carbocycles. The average molecular weight is 299 g/mol. The first kappa shape index (κ1) is 15.6. The van der Waals surface area contributed by atoms with Crippen molar-refractivity contribution in [2.75, 3.05) is 11.1 Å². The molecule has 0 heterocycles. The predicted octanol–water partition coefficient (Wildman–Crippen LogP) is 4.71. The van der Waals surface area contributed by atoms with E-state index in [4.69, 9.17) is 0 Å². The van der Waals surface area contributed by atoms with Crippen LogP contribution in [0.2, 0.25) is 0 Å². The largest absolute Gasteiger partial charge is 0.325 e. The minimum Gasteiger partial charge on any atom is -0.325 e. The van der Waals surface area contributed by atoms with Gasteiger partial charge in [-0.25, -0.2) is 0 Å². The van der Waals surface area contributed by atoms with E-state index in [9.17, 15) is 4.79 Å². The van der Waals surface area contributed by atoms with E-state index in [2.05, 4.69) is 38.2 Å². The summed E-state index contributed by atoms with van der Waals surface area (Å²) in [6.45, 7) is 6.53. The number of nitrogens with one attached hydrogen (secondary N) is 1. The SMILES string of the molecule is CC(C)(C)c1ccc(NC(=O)CSc2ccccc2)cc1. The summed E-state index contributed by atoms with van der Waals surface area (Å²) < 4.78 is 0. The fraction of sp³-hybridized carbons (Fsp3) is 0.278. The number of hydrogen-bond acceptors (Lipinski definition) is 2. The Morgan fingerprint density at radius 3 is 2.19 bits per heavy atom. The van der Waals surface area contributed by atoms with E-state index >= 15 is 0 Å². The Kier molecular flexibility index (Phi) is 5.07. The summed E-state index contributed by atoms with van der Waals surface area (Å²) in [7, 11) is 0. The number of anilines is 1. The summed E-state index contributed by atoms with van der Waals surface area (Å²) in [6, 6.07) is 18.0. The van der Waals surface area contributed by atoms with Crippen LogP contribution in [0.4, 0.5) is 5.69 Å². The van der Waals surface area contributed by atoms with Gasteiger partial charge in [0.25, 0.3) is 0 Å². The van der Waals surface area contributed by atoms with Crippen LogP contribution in [0.5, 0.6) is 0 Å². The van der Waals surface area contributed by atoms with Gasteiger partial charge in [-0.2, -0.15) is 0 Å². The second-order valence-corrected chi connectivity index (χ2v) is 7.03. The van der Waals surface area contributed by atoms with E-state index in [1.165, 1.54) is 5.56 Å². The zero-order valence-corrected chi connectivity index (χ0v) is 13.5. The molecule has 0 aromatic heterocycles. The fourth-order valence-corrected chi connectivity index (χ4v) is 2.64. The molecule has 0 bridgehead atoms. The van der Waals surface area contributed by atoms with E-state index in [1.807, 2.05) is 42.5 Å². The third-order valence-corrected chi connectivity index (χ3v) is 4.16. The molecule has 2 nitrogen and oxygen atoms in total. The topological polar surface area (TPSA) is 29.1 Å². The summed E-state index contributed by atoms with van der Waals surface area (Å²) in [4.78, 5) is 13.0. The average Bonchev–Trinajstić information content (AvgIpc) is 2.46. The van der Waals surface area contributed by atoms with Gasteiger partial charge in [-0.3, -0.25) is 4.79 Å². The fourth-order valence-electron chi connectivity index (χ4n) is 1.92. The van der Waals surface area contributed by atoms with Crippen LogP contribution in [0.1, 0.15) is 26.3 Å². The molecule has 0 spiro atoms. The van der Waals surface area contributed by atoms with Crippen LogP contribution in [0, 0.1) is 0 Å². The monoisotopic (exact) mass is 299 g/mol. The van der Waals surface area contributed by atoms with Crippen molar-refractivity contribution in [1.29, 1.82) is 0 Å². The maximum atomic E-state index is 11.9. The lowest BCUT2D eigenvalue weighted by atomic mass is 9.87. The molecule has 0 aliphatic carbocycles. The summed E-state index contributed by atoms with van der Waals surface area (Å²) in [6.07, 6.45) is 0. The Morgan fingerprint density at radius 2 is 1.62 bits per heavy atom. The lowest BCUT2D eigenvalue weighted by Gasteiger charge is -2.19. The first-order valence-corrected chi connectivity index (χ1v) is 8.02. The van der Waals surface area contributed by atoms with Gasteiger partial charge < -0.3 is 5.32 Å². The zero-order chi connectivity index (χ0) is 15.3. The number of benzene rings is 2. The van der Waals surface area contributed by atoms with Crippen molar-refractivity contribution in [2.24, 2.45) is 0 Å². The van der Waals surface area contributed by atoms with Crippen LogP contribution < -0.4 is 5.32 Å². The second-order valence-electron chi connectivity index (χ2n) is 5.98. The summed E-state index contributed by atoms with van der Waals surface area (Å²) in [5.74, 6) is 0.442. The normalized spacial score (nSPS) is 11.2. The van der Waals surface area contributed by atoms with E-state index in [0.29, 0.717) is 5.75 Å². The number of hydrogen-bond donors (Lipinski definition) is 1. The van der Waals surface area contributed by atoms with Crippen molar-refractivity contribution >= 4 is 23.4 Å². The summed E-state index contributed by atoms with van der Waals surface area (Å²) in [5.41, 5.74) is 2.24. The Labute approximate surface area is 131 Å². The second kappa shape index (κ2) is 6.81. The van der Waals surface area contributed by atoms with Gasteiger partial charge in [-0.05, 0) is 35.2 Å². The quantitative estimate of drug-likeness (QED) is 0.828. The number of rotatable bonds is 4. The summed E-state index contributed by atoms with van der Waals surface area (Å²) in [5, 5.41) is 2.93. The highest BCUT2D eigenvalue weighted by Gasteiger charge is 2.13. The predicted molar refractivity (Wildman–Crippen MR) is 90.9 cm³/mol. The molecule has 2 aromatic rings. The van der Waals surface area contributed by atoms with Gasteiger partial charge in [0.05, 0.1) is 5.75 Å². The maximum Gasteiger partial charge on any atom is 0.234 e. The van der Waals surface area contributed by atoms with Crippen LogP contribution in [0.3, 0.4) is 0 Å². The van der Waals surface area contributed by atoms with E-state index in [0.717, 1.165) is 10.6 Å². The van der Waals surface area contributed by atoms with E-state index < -0.39 is 0 Å². The molecule has 0 fully saturated rings. The Bertz CT molecular complexity index is 585. The Morgan fingerprint density at radius 1 is 1.00 bits per heavy atom. The minimum absolute atomic E-state index is 0.0207. The molecular weight excluding hydrogens is 278 g/mol. The highest BCUT2D eigenvalue weighted by atomic mass is 32.2. The molecular formula is C18H21NOS. The van der Waals surface area contributed by atoms with Gasteiger partial charge in [0, 0.05) is 10.6 Å². The first-order valence-electron chi connectivity index (χ1n) is 7.03. The summed E-state index contributed by atoms with van der Waals surface area (Å²) >= 11 is 1.54. The van der Waals surface area contributed by atoms with Crippen LogP contribution in [-0.4, -0.2) is 11.7 Å². The van der Waals surface area contributed by atoms with Gasteiger partial charge in [-0.1, -0.05) is 51.1 Å². The van der Waals surface area contributed by atoms with Gasteiger partial charge in [0.15, 0.2) is 0 Å². The molecule has 0 saturated heterocycles. The van der Waals surface area contributed by atoms with Gasteiger partial charge >= 0.3 is 0 Å². The molecule has 1 N–H and O–H groups in total. The van der Waals surface area contributed by atoms with Gasteiger partial charge in [0.1, 0.15) is 0 Å². The molecule has 0 aliphatic heterocycles. The van der Waals surface area contributed by atoms with Crippen LogP contribution in [-0.2, 0) is 10.2 Å². The Hall–Kier alpha value is -1.74. The van der Waals surface area contributed by atoms with Crippen molar-refractivity contribution in [3.8, 4) is 0 Å². The third kappa shape index (κ3) is 4.94. The van der Waals surface area contributed by atoms with E-state index in [1.54, 1.807) is 11.8 Å². The highest BCUT2D eigenvalue weighted by molar-refractivity contribution is 8.00. The Balaban J connectivity index is 1.88. The highest BCUT2D eigenvalue weighted by Crippen LogP contribution is 2.23. The zero-order valence-electron chi connectivity index (χ0n) is 12.7. The van der Waals surface area contributed by atoms with Gasteiger partial charge in [0.2, 0.25) is 5.91 Å². The number of thioether (sulfide) groups is 1. The molecule has 0 unspecified atom stereocenters. The minimum atomic E-state index is 0.0207. The molecule has 0 saturated carbocycles. The molecule has 2 rings (SSSR count). The third-order valence-electron chi connectivity index (χ3n) is 3.15. The number of carbonyl (C=O) groups is 1. The van der Waals surface area contributed by atoms with Crippen LogP contribution >= 0.6 is 11.8 Å². The molecule has 0 aliphatic rings. The molecule has 110 valence electrons.